The summed E-state index contributed by atoms with van der Waals surface area (Å²) < 4.78 is 6.41. The smallest absolute Gasteiger partial charge is 0.123 e. The molecule has 1 unspecified atom stereocenters. The van der Waals surface area contributed by atoms with Crippen molar-refractivity contribution in [3.8, 4) is 5.75 Å². The van der Waals surface area contributed by atoms with Crippen molar-refractivity contribution in [1.29, 1.82) is 0 Å². The predicted molar refractivity (Wildman–Crippen MR) is 83.0 cm³/mol. The lowest BCUT2D eigenvalue weighted by Crippen LogP contribution is -2.32. The molecule has 0 aliphatic heterocycles. The van der Waals surface area contributed by atoms with Crippen molar-refractivity contribution in [2.45, 2.75) is 25.9 Å². The van der Waals surface area contributed by atoms with Crippen LogP contribution in [0.15, 0.2) is 22.7 Å². The number of ether oxygens (including phenoxy) is 1. The van der Waals surface area contributed by atoms with Gasteiger partial charge >= 0.3 is 0 Å². The molecule has 0 amide bonds. The molecule has 0 saturated heterocycles. The molecular weight excluding hydrogens is 312 g/mol. The highest BCUT2D eigenvalue weighted by Crippen LogP contribution is 2.24. The van der Waals surface area contributed by atoms with Crippen LogP contribution in [0.4, 0.5) is 0 Å². The molecule has 0 saturated carbocycles. The fraction of sp³-hybridized carbons (Fsp3) is 0.462. The second-order valence-electron chi connectivity index (χ2n) is 4.39. The van der Waals surface area contributed by atoms with Crippen LogP contribution in [0.2, 0.25) is 0 Å². The highest BCUT2D eigenvalue weighted by Gasteiger charge is 2.13. The van der Waals surface area contributed by atoms with Gasteiger partial charge in [-0.05, 0) is 32.2 Å². The molecule has 1 atom stereocenters. The van der Waals surface area contributed by atoms with E-state index in [2.05, 4.69) is 40.9 Å². The molecule has 3 nitrogen and oxygen atoms in total. The van der Waals surface area contributed by atoms with E-state index in [4.69, 9.17) is 22.7 Å². The summed E-state index contributed by atoms with van der Waals surface area (Å²) in [4.78, 5) is 2.76. The van der Waals surface area contributed by atoms with Gasteiger partial charge in [0.05, 0.1) is 12.1 Å². The normalized spacial score (nSPS) is 12.5. The lowest BCUT2D eigenvalue weighted by molar-refractivity contribution is 0.251. The van der Waals surface area contributed by atoms with E-state index >= 15 is 0 Å². The number of hydrogen-bond acceptors (Lipinski definition) is 3. The van der Waals surface area contributed by atoms with Crippen LogP contribution < -0.4 is 10.5 Å². The van der Waals surface area contributed by atoms with Crippen LogP contribution in [0.1, 0.15) is 18.9 Å². The molecule has 1 aromatic rings. The molecule has 18 heavy (non-hydrogen) atoms. The number of methoxy groups -OCH3 is 1. The van der Waals surface area contributed by atoms with Gasteiger partial charge in [0.15, 0.2) is 0 Å². The Labute approximate surface area is 122 Å². The summed E-state index contributed by atoms with van der Waals surface area (Å²) in [6.45, 7) is 2.91. The lowest BCUT2D eigenvalue weighted by Gasteiger charge is -2.25. The molecule has 1 aromatic carbocycles. The molecule has 100 valence electrons. The van der Waals surface area contributed by atoms with Crippen molar-refractivity contribution in [2.24, 2.45) is 5.73 Å². The van der Waals surface area contributed by atoms with Gasteiger partial charge in [0, 0.05) is 29.0 Å². The molecule has 0 aliphatic carbocycles. The van der Waals surface area contributed by atoms with E-state index in [9.17, 15) is 0 Å². The Bertz CT molecular complexity index is 425. The number of thiocarbonyl (C=S) groups is 1. The van der Waals surface area contributed by atoms with Crippen molar-refractivity contribution >= 4 is 33.1 Å². The molecule has 0 aromatic heterocycles. The zero-order valence-corrected chi connectivity index (χ0v) is 13.3. The van der Waals surface area contributed by atoms with Gasteiger partial charge < -0.3 is 10.5 Å². The number of halogens is 1. The van der Waals surface area contributed by atoms with E-state index in [1.165, 1.54) is 0 Å². The van der Waals surface area contributed by atoms with Crippen LogP contribution in [-0.4, -0.2) is 30.1 Å². The minimum atomic E-state index is 0.311. The van der Waals surface area contributed by atoms with Crippen LogP contribution in [-0.2, 0) is 6.54 Å². The largest absolute Gasteiger partial charge is 0.496 e. The van der Waals surface area contributed by atoms with E-state index in [1.807, 2.05) is 12.1 Å². The lowest BCUT2D eigenvalue weighted by atomic mass is 10.1. The van der Waals surface area contributed by atoms with Crippen LogP contribution in [0.5, 0.6) is 5.75 Å². The van der Waals surface area contributed by atoms with Gasteiger partial charge in [0.25, 0.3) is 0 Å². The maximum Gasteiger partial charge on any atom is 0.123 e. The van der Waals surface area contributed by atoms with E-state index < -0.39 is 0 Å². The molecule has 0 spiro atoms. The van der Waals surface area contributed by atoms with E-state index in [-0.39, 0.29) is 0 Å². The van der Waals surface area contributed by atoms with Gasteiger partial charge in [0.2, 0.25) is 0 Å². The van der Waals surface area contributed by atoms with Gasteiger partial charge in [0.1, 0.15) is 5.75 Å². The van der Waals surface area contributed by atoms with Crippen LogP contribution in [0.25, 0.3) is 0 Å². The monoisotopic (exact) mass is 330 g/mol. The fourth-order valence-electron chi connectivity index (χ4n) is 1.74. The molecule has 0 radical (unpaired) electrons. The van der Waals surface area contributed by atoms with Gasteiger partial charge in [-0.3, -0.25) is 4.90 Å². The number of nitrogens with zero attached hydrogens (tertiary/aromatic N) is 1. The average Bonchev–Trinajstić information content (AvgIpc) is 2.28. The van der Waals surface area contributed by atoms with E-state index in [0.717, 1.165) is 28.8 Å². The topological polar surface area (TPSA) is 38.5 Å². The first-order valence-electron chi connectivity index (χ1n) is 5.75. The standard InChI is InChI=1S/C13H19BrN2OS/c1-9(6-13(15)18)16(2)8-10-7-11(14)4-5-12(10)17-3/h4-5,7,9H,6,8H2,1-3H3,(H2,15,18). The Balaban J connectivity index is 2.77. The minimum Gasteiger partial charge on any atom is -0.496 e. The Morgan fingerprint density at radius 1 is 1.56 bits per heavy atom. The molecule has 0 bridgehead atoms. The molecule has 0 heterocycles. The van der Waals surface area contributed by atoms with Crippen molar-refractivity contribution in [1.82, 2.24) is 4.90 Å². The Morgan fingerprint density at radius 2 is 2.22 bits per heavy atom. The van der Waals surface area contributed by atoms with Crippen molar-refractivity contribution in [3.05, 3.63) is 28.2 Å². The molecular formula is C13H19BrN2OS. The van der Waals surface area contributed by atoms with E-state index in [1.54, 1.807) is 7.11 Å². The summed E-state index contributed by atoms with van der Waals surface area (Å²) in [5.74, 6) is 0.896. The SMILES string of the molecule is COc1ccc(Br)cc1CN(C)C(C)CC(N)=S. The summed E-state index contributed by atoms with van der Waals surface area (Å²) in [5.41, 5.74) is 6.72. The zero-order valence-electron chi connectivity index (χ0n) is 10.9. The van der Waals surface area contributed by atoms with Gasteiger partial charge in [-0.25, -0.2) is 0 Å². The number of benzene rings is 1. The first kappa shape index (κ1) is 15.4. The van der Waals surface area contributed by atoms with Crippen LogP contribution >= 0.6 is 28.1 Å². The Morgan fingerprint density at radius 3 is 2.78 bits per heavy atom. The maximum absolute atomic E-state index is 5.58. The molecule has 0 fully saturated rings. The molecule has 1 rings (SSSR count). The first-order valence-corrected chi connectivity index (χ1v) is 6.95. The van der Waals surface area contributed by atoms with Crippen molar-refractivity contribution < 1.29 is 4.74 Å². The summed E-state index contributed by atoms with van der Waals surface area (Å²) in [7, 11) is 3.74. The first-order chi connectivity index (χ1) is 8.43. The van der Waals surface area contributed by atoms with Crippen LogP contribution in [0.3, 0.4) is 0 Å². The second kappa shape index (κ2) is 7.07. The second-order valence-corrected chi connectivity index (χ2v) is 5.83. The number of rotatable bonds is 6. The summed E-state index contributed by atoms with van der Waals surface area (Å²) in [6, 6.07) is 6.32. The number of hydrogen-bond donors (Lipinski definition) is 1. The molecule has 2 N–H and O–H groups in total. The Kier molecular flexibility index (Phi) is 6.05. The highest BCUT2D eigenvalue weighted by molar-refractivity contribution is 9.10. The summed E-state index contributed by atoms with van der Waals surface area (Å²) in [6.07, 6.45) is 0.724. The minimum absolute atomic E-state index is 0.311. The third-order valence-electron chi connectivity index (χ3n) is 2.91. The Hall–Kier alpha value is -0.650. The van der Waals surface area contributed by atoms with E-state index in [0.29, 0.717) is 11.0 Å². The fourth-order valence-corrected chi connectivity index (χ4v) is 2.39. The molecule has 0 aliphatic rings. The average molecular weight is 331 g/mol. The molecule has 5 heteroatoms. The quantitative estimate of drug-likeness (QED) is 0.814. The van der Waals surface area contributed by atoms with Gasteiger partial charge in [-0.1, -0.05) is 28.1 Å². The summed E-state index contributed by atoms with van der Waals surface area (Å²) in [5, 5.41) is 0. The highest BCUT2D eigenvalue weighted by atomic mass is 79.9. The predicted octanol–water partition coefficient (Wildman–Crippen LogP) is 2.95. The van der Waals surface area contributed by atoms with Crippen LogP contribution in [0, 0.1) is 0 Å². The maximum atomic E-state index is 5.58. The van der Waals surface area contributed by atoms with Gasteiger partial charge in [-0.2, -0.15) is 0 Å². The number of nitrogens with two attached hydrogens (primary N) is 1. The third kappa shape index (κ3) is 4.55. The van der Waals surface area contributed by atoms with Gasteiger partial charge in [-0.15, -0.1) is 0 Å². The van der Waals surface area contributed by atoms with Crippen molar-refractivity contribution in [2.75, 3.05) is 14.2 Å². The van der Waals surface area contributed by atoms with Crippen molar-refractivity contribution in [3.63, 3.8) is 0 Å². The summed E-state index contributed by atoms with van der Waals surface area (Å²) >= 11 is 8.42. The third-order valence-corrected chi connectivity index (χ3v) is 3.57. The zero-order chi connectivity index (χ0) is 13.7.